The average molecular weight is 604 g/mol. The second-order valence-corrected chi connectivity index (χ2v) is 15.1. The molecule has 4 aromatic carbocycles. The Hall–Kier alpha value is -4.26. The fraction of sp³-hybridized carbons (Fsp3) is 0.132. The number of benzene rings is 4. The molecule has 0 aliphatic carbocycles. The molecule has 5 heterocycles. The summed E-state index contributed by atoms with van der Waals surface area (Å²) in [6.07, 6.45) is 3.82. The number of pyridine rings is 1. The van der Waals surface area contributed by atoms with Crippen molar-refractivity contribution >= 4 is 83.7 Å². The van der Waals surface area contributed by atoms with Crippen LogP contribution in [0.2, 0.25) is 0 Å². The Kier molecular flexibility index (Phi) is 5.57. The van der Waals surface area contributed by atoms with Gasteiger partial charge in [-0.1, -0.05) is 81.1 Å². The largest absolute Gasteiger partial charge is 0.320 e. The van der Waals surface area contributed by atoms with Crippen molar-refractivity contribution in [2.45, 2.75) is 42.9 Å². The van der Waals surface area contributed by atoms with Gasteiger partial charge in [0.15, 0.2) is 0 Å². The number of thiophene rings is 1. The van der Waals surface area contributed by atoms with Crippen molar-refractivity contribution < 1.29 is 0 Å². The molecule has 6 heteroatoms. The molecule has 0 spiro atoms. The molecule has 0 N–H and O–H groups in total. The van der Waals surface area contributed by atoms with Crippen LogP contribution >= 0.6 is 23.1 Å². The smallest absolute Gasteiger partial charge is 0.283 e. The SMILES string of the molecule is Cc1cc2c3c(c1)N(c1ccccc1)c1c(sc4cc(C(C)(C)C)ccc14)B3c1c(c3ccccc3n1-c1ccncc1)S2. The second-order valence-electron chi connectivity index (χ2n) is 13.0. The summed E-state index contributed by atoms with van der Waals surface area (Å²) in [6, 6.07) is 36.1. The highest BCUT2D eigenvalue weighted by Crippen LogP contribution is 2.48. The lowest BCUT2D eigenvalue weighted by atomic mass is 9.39. The van der Waals surface area contributed by atoms with E-state index in [9.17, 15) is 0 Å². The summed E-state index contributed by atoms with van der Waals surface area (Å²) in [5.41, 5.74) is 11.7. The van der Waals surface area contributed by atoms with Crippen molar-refractivity contribution in [2.75, 3.05) is 4.90 Å². The van der Waals surface area contributed by atoms with Crippen molar-refractivity contribution in [3.8, 4) is 5.69 Å². The van der Waals surface area contributed by atoms with Crippen LogP contribution in [-0.4, -0.2) is 16.3 Å². The van der Waals surface area contributed by atoms with Gasteiger partial charge < -0.3 is 9.47 Å². The Labute approximate surface area is 266 Å². The maximum Gasteiger partial charge on any atom is 0.283 e. The van der Waals surface area contributed by atoms with Crippen LogP contribution in [0.15, 0.2) is 119 Å². The molecule has 0 atom stereocenters. The zero-order valence-corrected chi connectivity index (χ0v) is 26.8. The van der Waals surface area contributed by atoms with Gasteiger partial charge in [-0.15, -0.1) is 11.3 Å². The minimum absolute atomic E-state index is 0.0768. The molecule has 212 valence electrons. The number of aromatic nitrogens is 2. The number of nitrogens with zero attached hydrogens (tertiary/aromatic N) is 3. The zero-order chi connectivity index (χ0) is 29.7. The highest BCUT2D eigenvalue weighted by atomic mass is 32.2. The number of anilines is 3. The second kappa shape index (κ2) is 9.37. The quantitative estimate of drug-likeness (QED) is 0.185. The zero-order valence-electron chi connectivity index (χ0n) is 25.1. The Morgan fingerprint density at radius 1 is 0.773 bits per heavy atom. The van der Waals surface area contributed by atoms with Gasteiger partial charge in [0.25, 0.3) is 6.71 Å². The maximum atomic E-state index is 4.37. The van der Waals surface area contributed by atoms with Crippen LogP contribution in [-0.2, 0) is 5.41 Å². The number of rotatable bonds is 2. The maximum absolute atomic E-state index is 4.37. The third kappa shape index (κ3) is 3.68. The molecule has 2 aliphatic rings. The third-order valence-electron chi connectivity index (χ3n) is 9.12. The van der Waals surface area contributed by atoms with E-state index in [1.807, 2.05) is 35.5 Å². The molecule has 3 aromatic heterocycles. The molecule has 9 rings (SSSR count). The van der Waals surface area contributed by atoms with Crippen LogP contribution in [0, 0.1) is 6.92 Å². The van der Waals surface area contributed by atoms with E-state index in [-0.39, 0.29) is 12.1 Å². The first-order valence-electron chi connectivity index (χ1n) is 15.2. The summed E-state index contributed by atoms with van der Waals surface area (Å²) in [4.78, 5) is 9.63. The fourth-order valence-corrected chi connectivity index (χ4v) is 9.87. The number of hydrogen-bond donors (Lipinski definition) is 0. The topological polar surface area (TPSA) is 21.1 Å². The van der Waals surface area contributed by atoms with Gasteiger partial charge >= 0.3 is 0 Å². The van der Waals surface area contributed by atoms with E-state index >= 15 is 0 Å². The summed E-state index contributed by atoms with van der Waals surface area (Å²) < 4.78 is 5.26. The van der Waals surface area contributed by atoms with Crippen molar-refractivity contribution in [3.05, 3.63) is 121 Å². The first-order valence-corrected chi connectivity index (χ1v) is 16.8. The molecule has 7 aromatic rings. The van der Waals surface area contributed by atoms with E-state index in [2.05, 4.69) is 139 Å². The van der Waals surface area contributed by atoms with Crippen molar-refractivity contribution in [1.82, 2.24) is 9.55 Å². The summed E-state index contributed by atoms with van der Waals surface area (Å²) in [6.45, 7) is 9.26. The average Bonchev–Trinajstić information content (AvgIpc) is 3.57. The summed E-state index contributed by atoms with van der Waals surface area (Å²) in [5, 5.41) is 2.63. The monoisotopic (exact) mass is 603 g/mol. The number of fused-ring (bicyclic) bond motifs is 8. The summed E-state index contributed by atoms with van der Waals surface area (Å²) in [7, 11) is 0. The predicted molar refractivity (Wildman–Crippen MR) is 190 cm³/mol. The lowest BCUT2D eigenvalue weighted by molar-refractivity contribution is 0.591. The van der Waals surface area contributed by atoms with Crippen molar-refractivity contribution in [3.63, 3.8) is 0 Å². The van der Waals surface area contributed by atoms with Gasteiger partial charge in [0.1, 0.15) is 0 Å². The first-order chi connectivity index (χ1) is 21.4. The van der Waals surface area contributed by atoms with E-state index in [4.69, 9.17) is 0 Å². The van der Waals surface area contributed by atoms with Crippen LogP contribution in [0.25, 0.3) is 26.7 Å². The molecule has 0 unspecified atom stereocenters. The van der Waals surface area contributed by atoms with Gasteiger partial charge in [-0.05, 0) is 77.5 Å². The predicted octanol–water partition coefficient (Wildman–Crippen LogP) is 8.61. The standard InChI is InChI=1S/C38H30BN3S2/c1-23-20-30-33-32(21-23)43-35-27-12-8-9-13-29(27)42(26-16-18-40-19-17-26)36(35)39(33)37-34(41(30)25-10-6-5-7-11-25)28-15-14-24(38(2,3)4)22-31(28)44-37/h5-22H,1-4H3. The van der Waals surface area contributed by atoms with Gasteiger partial charge in [-0.3, -0.25) is 4.98 Å². The van der Waals surface area contributed by atoms with Gasteiger partial charge in [0, 0.05) is 65.1 Å². The van der Waals surface area contributed by atoms with Crippen molar-refractivity contribution in [2.24, 2.45) is 0 Å². The Balaban J connectivity index is 1.44. The van der Waals surface area contributed by atoms with Gasteiger partial charge in [-0.2, -0.15) is 0 Å². The van der Waals surface area contributed by atoms with Crippen LogP contribution in [0.3, 0.4) is 0 Å². The Morgan fingerprint density at radius 3 is 2.34 bits per heavy atom. The number of para-hydroxylation sites is 2. The first kappa shape index (κ1) is 26.2. The van der Waals surface area contributed by atoms with Crippen LogP contribution in [0.5, 0.6) is 0 Å². The van der Waals surface area contributed by atoms with E-state index < -0.39 is 0 Å². The van der Waals surface area contributed by atoms with E-state index in [0.29, 0.717) is 0 Å². The normalized spacial score (nSPS) is 13.7. The van der Waals surface area contributed by atoms with Crippen molar-refractivity contribution in [1.29, 1.82) is 0 Å². The van der Waals surface area contributed by atoms with E-state index in [1.165, 1.54) is 74.8 Å². The molecule has 0 saturated heterocycles. The Morgan fingerprint density at radius 2 is 1.55 bits per heavy atom. The van der Waals surface area contributed by atoms with Gasteiger partial charge in [-0.25, -0.2) is 0 Å². The molecule has 2 aliphatic heterocycles. The van der Waals surface area contributed by atoms with Crippen LogP contribution in [0.1, 0.15) is 31.9 Å². The van der Waals surface area contributed by atoms with E-state index in [0.717, 1.165) is 5.69 Å². The van der Waals surface area contributed by atoms with Gasteiger partial charge in [0.2, 0.25) is 0 Å². The minimum Gasteiger partial charge on any atom is -0.320 e. The molecular formula is C38H30BN3S2. The number of aryl methyl sites for hydroxylation is 1. The van der Waals surface area contributed by atoms with E-state index in [1.54, 1.807) is 0 Å². The third-order valence-corrected chi connectivity index (χ3v) is 11.5. The minimum atomic E-state index is 0.0768. The molecular weight excluding hydrogens is 573 g/mol. The highest BCUT2D eigenvalue weighted by molar-refractivity contribution is 8.00. The number of hydrogen-bond acceptors (Lipinski definition) is 4. The van der Waals surface area contributed by atoms with Crippen LogP contribution in [0.4, 0.5) is 17.1 Å². The highest BCUT2D eigenvalue weighted by Gasteiger charge is 2.46. The summed E-state index contributed by atoms with van der Waals surface area (Å²) in [5.74, 6) is 0. The van der Waals surface area contributed by atoms with Gasteiger partial charge in [0.05, 0.1) is 11.2 Å². The molecule has 0 radical (unpaired) electrons. The fourth-order valence-electron chi connectivity index (χ4n) is 7.14. The molecule has 3 nitrogen and oxygen atoms in total. The molecule has 44 heavy (non-hydrogen) atoms. The summed E-state index contributed by atoms with van der Waals surface area (Å²) >= 11 is 3.91. The molecule has 0 bridgehead atoms. The Bertz CT molecular complexity index is 2260. The lowest BCUT2D eigenvalue weighted by Crippen LogP contribution is -2.60. The molecule has 0 fully saturated rings. The lowest BCUT2D eigenvalue weighted by Gasteiger charge is -2.38. The molecule has 0 saturated carbocycles. The van der Waals surface area contributed by atoms with Crippen LogP contribution < -0.4 is 20.7 Å². The molecule has 0 amide bonds.